The van der Waals surface area contributed by atoms with Crippen LogP contribution in [0.1, 0.15) is 29.8 Å². The van der Waals surface area contributed by atoms with Crippen LogP contribution in [0.25, 0.3) is 0 Å². The number of methoxy groups -OCH3 is 1. The van der Waals surface area contributed by atoms with E-state index in [1.54, 1.807) is 19.2 Å². The van der Waals surface area contributed by atoms with Crippen molar-refractivity contribution in [1.82, 2.24) is 14.7 Å². The van der Waals surface area contributed by atoms with E-state index in [1.165, 1.54) is 17.7 Å². The molecule has 0 aliphatic carbocycles. The number of benzene rings is 2. The van der Waals surface area contributed by atoms with Crippen molar-refractivity contribution in [1.29, 1.82) is 0 Å². The molecule has 2 heterocycles. The minimum Gasteiger partial charge on any atom is -0.497 e. The highest BCUT2D eigenvalue weighted by Gasteiger charge is 2.43. The lowest BCUT2D eigenvalue weighted by molar-refractivity contribution is -0.0613. The molecule has 0 radical (unpaired) electrons. The zero-order chi connectivity index (χ0) is 21.3. The summed E-state index contributed by atoms with van der Waals surface area (Å²) in [6, 6.07) is 14.4. The molecule has 4 rings (SSSR count). The Hall–Kier alpha value is -2.44. The van der Waals surface area contributed by atoms with Crippen LogP contribution in [0.3, 0.4) is 0 Å². The van der Waals surface area contributed by atoms with Crippen molar-refractivity contribution < 1.29 is 13.9 Å². The molecule has 1 amide bonds. The molecule has 0 aromatic heterocycles. The molecular formula is C24H30FN3O2. The lowest BCUT2D eigenvalue weighted by atomic mass is 9.92. The van der Waals surface area contributed by atoms with Crippen molar-refractivity contribution >= 4 is 5.91 Å². The molecule has 2 aliphatic rings. The number of fused-ring (bicyclic) bond motifs is 1. The van der Waals surface area contributed by atoms with Gasteiger partial charge >= 0.3 is 0 Å². The highest BCUT2D eigenvalue weighted by molar-refractivity contribution is 5.94. The number of hydrogen-bond donors (Lipinski definition) is 0. The fourth-order valence-electron chi connectivity index (χ4n) is 4.88. The van der Waals surface area contributed by atoms with E-state index in [4.69, 9.17) is 4.74 Å². The normalized spacial score (nSPS) is 21.9. The fourth-order valence-corrected chi connectivity index (χ4v) is 4.88. The van der Waals surface area contributed by atoms with E-state index in [2.05, 4.69) is 35.8 Å². The Labute approximate surface area is 178 Å². The van der Waals surface area contributed by atoms with Crippen LogP contribution in [0.15, 0.2) is 48.5 Å². The van der Waals surface area contributed by atoms with Gasteiger partial charge in [-0.15, -0.1) is 0 Å². The molecule has 0 N–H and O–H groups in total. The number of hydrogen-bond acceptors (Lipinski definition) is 4. The molecule has 2 aromatic carbocycles. The first kappa shape index (κ1) is 20.8. The second-order valence-electron chi connectivity index (χ2n) is 8.94. The number of ether oxygens (including phenoxy) is 1. The molecule has 5 nitrogen and oxygen atoms in total. The molecule has 1 atom stereocenters. The largest absolute Gasteiger partial charge is 0.497 e. The first-order valence-corrected chi connectivity index (χ1v) is 10.5. The highest BCUT2D eigenvalue weighted by Crippen LogP contribution is 2.29. The standard InChI is InChI=1S/C24H30FN3O2/c1-24(2)17-26(14-18-4-10-22(30-3)11-5-18)15-21-16-27(12-13-28(21)24)23(29)19-6-8-20(25)9-7-19/h4-11,21H,12-17H2,1-3H3. The van der Waals surface area contributed by atoms with Gasteiger partial charge in [-0.25, -0.2) is 4.39 Å². The van der Waals surface area contributed by atoms with Crippen molar-refractivity contribution in [3.05, 3.63) is 65.5 Å². The predicted molar refractivity (Wildman–Crippen MR) is 115 cm³/mol. The fraction of sp³-hybridized carbons (Fsp3) is 0.458. The molecule has 30 heavy (non-hydrogen) atoms. The zero-order valence-corrected chi connectivity index (χ0v) is 18.0. The Morgan fingerprint density at radius 3 is 2.43 bits per heavy atom. The minimum absolute atomic E-state index is 0.0141. The number of piperazine rings is 2. The van der Waals surface area contributed by atoms with Crippen LogP contribution in [0.2, 0.25) is 0 Å². The van der Waals surface area contributed by atoms with Gasteiger partial charge in [-0.3, -0.25) is 14.6 Å². The van der Waals surface area contributed by atoms with Crippen LogP contribution in [0.4, 0.5) is 4.39 Å². The van der Waals surface area contributed by atoms with Gasteiger partial charge in [0, 0.05) is 56.4 Å². The third-order valence-electron chi connectivity index (χ3n) is 6.28. The van der Waals surface area contributed by atoms with Gasteiger partial charge < -0.3 is 9.64 Å². The first-order valence-electron chi connectivity index (χ1n) is 10.5. The van der Waals surface area contributed by atoms with E-state index in [0.717, 1.165) is 31.9 Å². The number of halogens is 1. The van der Waals surface area contributed by atoms with Crippen LogP contribution in [-0.4, -0.2) is 72.0 Å². The minimum atomic E-state index is -0.320. The van der Waals surface area contributed by atoms with Crippen molar-refractivity contribution in [3.8, 4) is 5.75 Å². The van der Waals surface area contributed by atoms with E-state index >= 15 is 0 Å². The average molecular weight is 412 g/mol. The SMILES string of the molecule is COc1ccc(CN2CC3CN(C(=O)c4ccc(F)cc4)CCN3C(C)(C)C2)cc1. The van der Waals surface area contributed by atoms with Gasteiger partial charge in [0.15, 0.2) is 0 Å². The van der Waals surface area contributed by atoms with Gasteiger partial charge in [-0.05, 0) is 55.8 Å². The summed E-state index contributed by atoms with van der Waals surface area (Å²) >= 11 is 0. The molecule has 0 spiro atoms. The quantitative estimate of drug-likeness (QED) is 0.774. The Balaban J connectivity index is 1.45. The average Bonchev–Trinajstić information content (AvgIpc) is 2.73. The predicted octanol–water partition coefficient (Wildman–Crippen LogP) is 3.26. The summed E-state index contributed by atoms with van der Waals surface area (Å²) in [5.74, 6) is 0.533. The Kier molecular flexibility index (Phi) is 5.80. The zero-order valence-electron chi connectivity index (χ0n) is 18.0. The topological polar surface area (TPSA) is 36.0 Å². The summed E-state index contributed by atoms with van der Waals surface area (Å²) in [7, 11) is 1.68. The maximum atomic E-state index is 13.2. The third kappa shape index (κ3) is 4.35. The van der Waals surface area contributed by atoms with E-state index in [-0.39, 0.29) is 23.3 Å². The van der Waals surface area contributed by atoms with Gasteiger partial charge in [-0.1, -0.05) is 12.1 Å². The molecule has 6 heteroatoms. The number of nitrogens with zero attached hydrogens (tertiary/aromatic N) is 3. The molecule has 0 bridgehead atoms. The Bertz CT molecular complexity index is 882. The Morgan fingerprint density at radius 2 is 1.77 bits per heavy atom. The van der Waals surface area contributed by atoms with Crippen LogP contribution in [-0.2, 0) is 6.54 Å². The van der Waals surface area contributed by atoms with Crippen molar-refractivity contribution in [2.45, 2.75) is 32.0 Å². The van der Waals surface area contributed by atoms with E-state index in [1.807, 2.05) is 17.0 Å². The van der Waals surface area contributed by atoms with Gasteiger partial charge in [0.2, 0.25) is 0 Å². The maximum absolute atomic E-state index is 13.2. The van der Waals surface area contributed by atoms with Gasteiger partial charge in [0.25, 0.3) is 5.91 Å². The van der Waals surface area contributed by atoms with E-state index in [9.17, 15) is 9.18 Å². The molecule has 160 valence electrons. The summed E-state index contributed by atoms with van der Waals surface area (Å²) in [5.41, 5.74) is 1.85. The molecule has 2 fully saturated rings. The third-order valence-corrected chi connectivity index (χ3v) is 6.28. The second-order valence-corrected chi connectivity index (χ2v) is 8.94. The van der Waals surface area contributed by atoms with Crippen LogP contribution in [0.5, 0.6) is 5.75 Å². The smallest absolute Gasteiger partial charge is 0.253 e. The maximum Gasteiger partial charge on any atom is 0.253 e. The summed E-state index contributed by atoms with van der Waals surface area (Å²) in [6.07, 6.45) is 0. The summed E-state index contributed by atoms with van der Waals surface area (Å²) < 4.78 is 18.5. The molecule has 2 saturated heterocycles. The van der Waals surface area contributed by atoms with Crippen molar-refractivity contribution in [2.24, 2.45) is 0 Å². The molecule has 2 aliphatic heterocycles. The molecule has 1 unspecified atom stereocenters. The number of carbonyl (C=O) groups excluding carboxylic acids is 1. The van der Waals surface area contributed by atoms with E-state index in [0.29, 0.717) is 18.7 Å². The summed E-state index contributed by atoms with van der Waals surface area (Å²) in [4.78, 5) is 19.9. The number of amides is 1. The first-order chi connectivity index (χ1) is 14.4. The van der Waals surface area contributed by atoms with Crippen LogP contribution < -0.4 is 4.74 Å². The van der Waals surface area contributed by atoms with Crippen LogP contribution in [0, 0.1) is 5.82 Å². The molecular weight excluding hydrogens is 381 g/mol. The van der Waals surface area contributed by atoms with Crippen LogP contribution >= 0.6 is 0 Å². The number of rotatable bonds is 4. The van der Waals surface area contributed by atoms with Gasteiger partial charge in [0.1, 0.15) is 11.6 Å². The Morgan fingerprint density at radius 1 is 1.07 bits per heavy atom. The lowest BCUT2D eigenvalue weighted by Crippen LogP contribution is -2.69. The monoisotopic (exact) mass is 411 g/mol. The van der Waals surface area contributed by atoms with Gasteiger partial charge in [-0.2, -0.15) is 0 Å². The number of carbonyl (C=O) groups is 1. The van der Waals surface area contributed by atoms with Crippen molar-refractivity contribution in [2.75, 3.05) is 39.8 Å². The summed E-state index contributed by atoms with van der Waals surface area (Å²) in [5, 5.41) is 0. The van der Waals surface area contributed by atoms with Crippen molar-refractivity contribution in [3.63, 3.8) is 0 Å². The van der Waals surface area contributed by atoms with Gasteiger partial charge in [0.05, 0.1) is 7.11 Å². The molecule has 2 aromatic rings. The van der Waals surface area contributed by atoms with E-state index < -0.39 is 0 Å². The summed E-state index contributed by atoms with van der Waals surface area (Å²) in [6.45, 7) is 9.62. The second kappa shape index (κ2) is 8.36. The molecule has 0 saturated carbocycles. The lowest BCUT2D eigenvalue weighted by Gasteiger charge is -2.55. The highest BCUT2D eigenvalue weighted by atomic mass is 19.1.